The molecule has 1 aliphatic heterocycles. The van der Waals surface area contributed by atoms with Gasteiger partial charge in [0.05, 0.1) is 5.60 Å². The summed E-state index contributed by atoms with van der Waals surface area (Å²) in [6, 6.07) is 7.42. The number of ether oxygens (including phenoxy) is 1. The van der Waals surface area contributed by atoms with Gasteiger partial charge in [0.1, 0.15) is 5.82 Å². The second kappa shape index (κ2) is 6.02. The maximum atomic E-state index is 13.7. The lowest BCUT2D eigenvalue weighted by Gasteiger charge is -2.39. The van der Waals surface area contributed by atoms with Crippen LogP contribution in [0.1, 0.15) is 51.6 Å². The SMILES string of the molecule is CCC1(C)CC(N[C@H](C)c2ccccc2F)CCO1. The predicted octanol–water partition coefficient (Wildman–Crippen LogP) is 3.82. The molecule has 3 heteroatoms. The maximum absolute atomic E-state index is 13.7. The number of rotatable bonds is 4. The van der Waals surface area contributed by atoms with Crippen LogP contribution in [0.4, 0.5) is 4.39 Å². The van der Waals surface area contributed by atoms with Crippen LogP contribution >= 0.6 is 0 Å². The zero-order chi connectivity index (χ0) is 13.9. The van der Waals surface area contributed by atoms with Gasteiger partial charge in [0, 0.05) is 24.3 Å². The first-order valence-corrected chi connectivity index (χ1v) is 7.18. The highest BCUT2D eigenvalue weighted by Gasteiger charge is 2.32. The van der Waals surface area contributed by atoms with Gasteiger partial charge in [0.25, 0.3) is 0 Å². The van der Waals surface area contributed by atoms with Gasteiger partial charge in [-0.25, -0.2) is 4.39 Å². The van der Waals surface area contributed by atoms with Crippen molar-refractivity contribution in [1.29, 1.82) is 0 Å². The number of hydrogen-bond donors (Lipinski definition) is 1. The fourth-order valence-electron chi connectivity index (χ4n) is 2.79. The van der Waals surface area contributed by atoms with E-state index >= 15 is 0 Å². The first-order chi connectivity index (χ1) is 9.04. The highest BCUT2D eigenvalue weighted by molar-refractivity contribution is 5.20. The van der Waals surface area contributed by atoms with Crippen molar-refractivity contribution >= 4 is 0 Å². The molecule has 2 nitrogen and oxygen atoms in total. The molecule has 2 rings (SSSR count). The summed E-state index contributed by atoms with van der Waals surface area (Å²) >= 11 is 0. The molecule has 0 aliphatic carbocycles. The Labute approximate surface area is 115 Å². The molecule has 19 heavy (non-hydrogen) atoms. The van der Waals surface area contributed by atoms with Crippen molar-refractivity contribution in [1.82, 2.24) is 5.32 Å². The van der Waals surface area contributed by atoms with Crippen molar-refractivity contribution in [3.63, 3.8) is 0 Å². The van der Waals surface area contributed by atoms with E-state index < -0.39 is 0 Å². The van der Waals surface area contributed by atoms with E-state index in [0.717, 1.165) is 31.4 Å². The second-order valence-electron chi connectivity index (χ2n) is 5.75. The summed E-state index contributed by atoms with van der Waals surface area (Å²) in [7, 11) is 0. The Balaban J connectivity index is 1.99. The van der Waals surface area contributed by atoms with Gasteiger partial charge in [-0.3, -0.25) is 0 Å². The highest BCUT2D eigenvalue weighted by atomic mass is 19.1. The Bertz CT molecular complexity index is 423. The molecule has 1 saturated heterocycles. The van der Waals surface area contributed by atoms with E-state index in [0.29, 0.717) is 6.04 Å². The number of halogens is 1. The van der Waals surface area contributed by atoms with Crippen molar-refractivity contribution < 1.29 is 9.13 Å². The van der Waals surface area contributed by atoms with Crippen LogP contribution in [0.2, 0.25) is 0 Å². The molecule has 1 aliphatic rings. The summed E-state index contributed by atoms with van der Waals surface area (Å²) in [6.45, 7) is 7.13. The molecule has 1 aromatic rings. The average Bonchev–Trinajstić information content (AvgIpc) is 2.39. The van der Waals surface area contributed by atoms with Gasteiger partial charge in [-0.15, -0.1) is 0 Å². The van der Waals surface area contributed by atoms with E-state index in [1.807, 2.05) is 19.1 Å². The Morgan fingerprint density at radius 2 is 2.21 bits per heavy atom. The summed E-state index contributed by atoms with van der Waals surface area (Å²) < 4.78 is 19.6. The fourth-order valence-corrected chi connectivity index (χ4v) is 2.79. The minimum absolute atomic E-state index is 0.0328. The third-order valence-corrected chi connectivity index (χ3v) is 4.20. The molecule has 0 radical (unpaired) electrons. The molecule has 2 unspecified atom stereocenters. The second-order valence-corrected chi connectivity index (χ2v) is 5.75. The van der Waals surface area contributed by atoms with Crippen molar-refractivity contribution in [3.05, 3.63) is 35.6 Å². The predicted molar refractivity (Wildman–Crippen MR) is 75.6 cm³/mol. The summed E-state index contributed by atoms with van der Waals surface area (Å²) in [5.74, 6) is -0.132. The van der Waals surface area contributed by atoms with E-state index in [1.54, 1.807) is 6.07 Å². The van der Waals surface area contributed by atoms with E-state index in [2.05, 4.69) is 19.2 Å². The summed E-state index contributed by atoms with van der Waals surface area (Å²) in [4.78, 5) is 0. The van der Waals surface area contributed by atoms with Gasteiger partial charge in [0.15, 0.2) is 0 Å². The first kappa shape index (κ1) is 14.5. The summed E-state index contributed by atoms with van der Waals surface area (Å²) in [5.41, 5.74) is 0.706. The smallest absolute Gasteiger partial charge is 0.127 e. The molecule has 0 saturated carbocycles. The van der Waals surface area contributed by atoms with Gasteiger partial charge in [-0.05, 0) is 39.2 Å². The molecular weight excluding hydrogens is 241 g/mol. The van der Waals surface area contributed by atoms with Gasteiger partial charge in [0.2, 0.25) is 0 Å². The third-order valence-electron chi connectivity index (χ3n) is 4.20. The fraction of sp³-hybridized carbons (Fsp3) is 0.625. The zero-order valence-electron chi connectivity index (χ0n) is 12.1. The zero-order valence-corrected chi connectivity index (χ0v) is 12.1. The topological polar surface area (TPSA) is 21.3 Å². The average molecular weight is 265 g/mol. The Hall–Kier alpha value is -0.930. The van der Waals surface area contributed by atoms with E-state index in [1.165, 1.54) is 6.07 Å². The van der Waals surface area contributed by atoms with Crippen LogP contribution in [0, 0.1) is 5.82 Å². The lowest BCUT2D eigenvalue weighted by molar-refractivity contribution is -0.0789. The molecule has 0 amide bonds. The first-order valence-electron chi connectivity index (χ1n) is 7.18. The standard InChI is InChI=1S/C16H24FNO/c1-4-16(3)11-13(9-10-19-16)18-12(2)14-7-5-6-8-15(14)17/h5-8,12-13,18H,4,9-11H2,1-3H3/t12-,13?,16?/m1/s1. The summed E-state index contributed by atoms with van der Waals surface area (Å²) in [6.07, 6.45) is 3.00. The lowest BCUT2D eigenvalue weighted by Crippen LogP contribution is -2.45. The minimum Gasteiger partial charge on any atom is -0.375 e. The maximum Gasteiger partial charge on any atom is 0.127 e. The van der Waals surface area contributed by atoms with Crippen LogP contribution in [0.25, 0.3) is 0 Å². The van der Waals surface area contributed by atoms with Gasteiger partial charge in [-0.2, -0.15) is 0 Å². The van der Waals surface area contributed by atoms with Gasteiger partial charge >= 0.3 is 0 Å². The van der Waals surface area contributed by atoms with Gasteiger partial charge < -0.3 is 10.1 Å². The van der Waals surface area contributed by atoms with Crippen LogP contribution in [0.3, 0.4) is 0 Å². The molecule has 0 spiro atoms. The molecule has 1 heterocycles. The minimum atomic E-state index is -0.132. The van der Waals surface area contributed by atoms with Crippen LogP contribution in [-0.4, -0.2) is 18.2 Å². The van der Waals surface area contributed by atoms with E-state index in [9.17, 15) is 4.39 Å². The quantitative estimate of drug-likeness (QED) is 0.893. The van der Waals surface area contributed by atoms with Crippen LogP contribution in [-0.2, 0) is 4.74 Å². The number of benzene rings is 1. The van der Waals surface area contributed by atoms with Gasteiger partial charge in [-0.1, -0.05) is 25.1 Å². The van der Waals surface area contributed by atoms with Crippen LogP contribution < -0.4 is 5.32 Å². The summed E-state index contributed by atoms with van der Waals surface area (Å²) in [5, 5.41) is 3.55. The molecule has 0 bridgehead atoms. The molecule has 1 aromatic carbocycles. The molecule has 1 fully saturated rings. The van der Waals surface area contributed by atoms with E-state index in [-0.39, 0.29) is 17.5 Å². The molecule has 3 atom stereocenters. The Morgan fingerprint density at radius 3 is 2.89 bits per heavy atom. The normalized spacial score (nSPS) is 29.2. The number of nitrogens with one attached hydrogen (secondary N) is 1. The molecular formula is C16H24FNO. The molecule has 1 N–H and O–H groups in total. The van der Waals surface area contributed by atoms with Crippen molar-refractivity contribution in [2.45, 2.75) is 57.7 Å². The van der Waals surface area contributed by atoms with E-state index in [4.69, 9.17) is 4.74 Å². The lowest BCUT2D eigenvalue weighted by atomic mass is 9.89. The van der Waals surface area contributed by atoms with Crippen LogP contribution in [0.5, 0.6) is 0 Å². The van der Waals surface area contributed by atoms with Crippen molar-refractivity contribution in [3.8, 4) is 0 Å². The molecule has 106 valence electrons. The van der Waals surface area contributed by atoms with Crippen molar-refractivity contribution in [2.75, 3.05) is 6.61 Å². The number of hydrogen-bond acceptors (Lipinski definition) is 2. The Kier molecular flexibility index (Phi) is 4.58. The van der Waals surface area contributed by atoms with Crippen LogP contribution in [0.15, 0.2) is 24.3 Å². The Morgan fingerprint density at radius 1 is 1.47 bits per heavy atom. The third kappa shape index (κ3) is 3.54. The van der Waals surface area contributed by atoms with Crippen molar-refractivity contribution in [2.24, 2.45) is 0 Å². The highest BCUT2D eigenvalue weighted by Crippen LogP contribution is 2.29. The largest absolute Gasteiger partial charge is 0.375 e. The monoisotopic (exact) mass is 265 g/mol. The molecule has 0 aromatic heterocycles.